The quantitative estimate of drug-likeness (QED) is 0.472. The monoisotopic (exact) mass is 263 g/mol. The van der Waals surface area contributed by atoms with Gasteiger partial charge in [-0.2, -0.15) is 0 Å². The molecule has 0 N–H and O–H groups in total. The van der Waals surface area contributed by atoms with Crippen LogP contribution in [0.3, 0.4) is 0 Å². The Morgan fingerprint density at radius 3 is 2.94 bits per heavy atom. The first-order valence-electron chi connectivity index (χ1n) is 5.60. The number of carbonyl (C=O) groups excluding carboxylic acids is 1. The predicted octanol–water partition coefficient (Wildman–Crippen LogP) is 2.18. The van der Waals surface area contributed by atoms with Gasteiger partial charge in [-0.3, -0.25) is 8.75 Å². The van der Waals surface area contributed by atoms with Crippen LogP contribution in [-0.2, 0) is 16.1 Å². The second-order valence-corrected chi connectivity index (χ2v) is 4.78. The molecule has 0 unspecified atom stereocenters. The Balaban J connectivity index is 2.00. The van der Waals surface area contributed by atoms with Gasteiger partial charge in [-0.15, -0.1) is 0 Å². The van der Waals surface area contributed by atoms with Crippen LogP contribution >= 0.6 is 11.5 Å². The molecule has 0 bridgehead atoms. The van der Waals surface area contributed by atoms with Crippen molar-refractivity contribution in [2.24, 2.45) is 0 Å². The van der Waals surface area contributed by atoms with E-state index in [0.29, 0.717) is 19.6 Å². The van der Waals surface area contributed by atoms with Crippen molar-refractivity contribution >= 4 is 27.6 Å². The van der Waals surface area contributed by atoms with Crippen LogP contribution in [0.25, 0.3) is 10.1 Å². The Labute approximate surface area is 108 Å². The van der Waals surface area contributed by atoms with E-state index in [0.717, 1.165) is 16.2 Å². The van der Waals surface area contributed by atoms with Gasteiger partial charge >= 0.3 is 5.97 Å². The van der Waals surface area contributed by atoms with Crippen molar-refractivity contribution in [1.82, 2.24) is 3.96 Å². The van der Waals surface area contributed by atoms with Crippen LogP contribution in [0, 0.1) is 0 Å². The molecule has 18 heavy (non-hydrogen) atoms. The zero-order chi connectivity index (χ0) is 13.0. The van der Waals surface area contributed by atoms with Gasteiger partial charge < -0.3 is 4.74 Å². The Hall–Kier alpha value is -1.88. The van der Waals surface area contributed by atoms with E-state index in [2.05, 4.69) is 6.58 Å². The van der Waals surface area contributed by atoms with Crippen LogP contribution in [0.5, 0.6) is 0 Å². The third-order valence-corrected chi connectivity index (χ3v) is 3.59. The molecule has 1 aromatic heterocycles. The van der Waals surface area contributed by atoms with Crippen molar-refractivity contribution in [2.45, 2.75) is 13.0 Å². The highest BCUT2D eigenvalue weighted by Crippen LogP contribution is 2.15. The van der Waals surface area contributed by atoms with Gasteiger partial charge in [-0.1, -0.05) is 30.2 Å². The number of carbonyl (C=O) groups is 1. The molecule has 0 aliphatic rings. The number of benzene rings is 1. The first kappa shape index (κ1) is 12.6. The lowest BCUT2D eigenvalue weighted by atomic mass is 10.3. The molecule has 2 aromatic rings. The molecule has 1 aromatic carbocycles. The van der Waals surface area contributed by atoms with Gasteiger partial charge in [-0.25, -0.2) is 4.79 Å². The van der Waals surface area contributed by atoms with Gasteiger partial charge in [-0.05, 0) is 12.1 Å². The molecule has 0 saturated heterocycles. The first-order valence-corrected chi connectivity index (χ1v) is 6.38. The minimum absolute atomic E-state index is 0.0191. The fraction of sp³-hybridized carbons (Fsp3) is 0.231. The third kappa shape index (κ3) is 2.68. The van der Waals surface area contributed by atoms with Crippen molar-refractivity contribution < 1.29 is 9.53 Å². The van der Waals surface area contributed by atoms with Crippen LogP contribution in [0.15, 0.2) is 41.7 Å². The molecule has 5 heteroatoms. The zero-order valence-corrected chi connectivity index (χ0v) is 10.6. The lowest BCUT2D eigenvalue weighted by Crippen LogP contribution is -2.14. The second-order valence-electron chi connectivity index (χ2n) is 3.72. The molecule has 1 heterocycles. The van der Waals surface area contributed by atoms with E-state index in [9.17, 15) is 9.59 Å². The molecule has 0 radical (unpaired) electrons. The van der Waals surface area contributed by atoms with Crippen LogP contribution in [0.4, 0.5) is 0 Å². The van der Waals surface area contributed by atoms with Gasteiger partial charge in [0.25, 0.3) is 5.56 Å². The summed E-state index contributed by atoms with van der Waals surface area (Å²) < 4.78 is 7.52. The Morgan fingerprint density at radius 1 is 1.44 bits per heavy atom. The minimum Gasteiger partial charge on any atom is -0.462 e. The summed E-state index contributed by atoms with van der Waals surface area (Å²) in [6.07, 6.45) is 1.75. The van der Waals surface area contributed by atoms with Crippen LogP contribution in [-0.4, -0.2) is 16.5 Å². The van der Waals surface area contributed by atoms with Gasteiger partial charge in [0.05, 0.1) is 16.7 Å². The zero-order valence-electron chi connectivity index (χ0n) is 9.80. The van der Waals surface area contributed by atoms with E-state index < -0.39 is 5.97 Å². The average molecular weight is 263 g/mol. The summed E-state index contributed by atoms with van der Waals surface area (Å²) in [6, 6.07) is 7.51. The highest BCUT2D eigenvalue weighted by Gasteiger charge is 2.06. The fourth-order valence-corrected chi connectivity index (χ4v) is 2.64. The number of ether oxygens (including phenoxy) is 1. The lowest BCUT2D eigenvalue weighted by molar-refractivity contribution is -0.137. The maximum atomic E-state index is 12.0. The fourth-order valence-electron chi connectivity index (χ4n) is 1.60. The van der Waals surface area contributed by atoms with Gasteiger partial charge in [0.2, 0.25) is 0 Å². The molecule has 94 valence electrons. The molecule has 0 aliphatic heterocycles. The molecular formula is C13H13NO3S. The normalized spacial score (nSPS) is 10.4. The molecule has 0 aliphatic carbocycles. The van der Waals surface area contributed by atoms with Crippen LogP contribution in [0.2, 0.25) is 0 Å². The summed E-state index contributed by atoms with van der Waals surface area (Å²) >= 11 is 1.43. The summed E-state index contributed by atoms with van der Waals surface area (Å²) in [7, 11) is 0. The Kier molecular flexibility index (Phi) is 3.94. The third-order valence-electron chi connectivity index (χ3n) is 2.47. The van der Waals surface area contributed by atoms with Crippen molar-refractivity contribution in [1.29, 1.82) is 0 Å². The number of hydrogen-bond acceptors (Lipinski definition) is 4. The van der Waals surface area contributed by atoms with Crippen LogP contribution in [0.1, 0.15) is 6.42 Å². The van der Waals surface area contributed by atoms with E-state index in [-0.39, 0.29) is 5.56 Å². The molecule has 0 amide bonds. The van der Waals surface area contributed by atoms with E-state index in [1.807, 2.05) is 24.3 Å². The first-order chi connectivity index (χ1) is 8.72. The van der Waals surface area contributed by atoms with Gasteiger partial charge in [0, 0.05) is 19.0 Å². The summed E-state index contributed by atoms with van der Waals surface area (Å²) in [5.74, 6) is -0.432. The molecule has 0 saturated carbocycles. The SMILES string of the molecule is C=CC(=O)OCCCn1sc2ccccc2c1=O. The van der Waals surface area contributed by atoms with Crippen molar-refractivity contribution in [3.8, 4) is 0 Å². The van der Waals surface area contributed by atoms with E-state index in [1.54, 1.807) is 3.96 Å². The highest BCUT2D eigenvalue weighted by molar-refractivity contribution is 7.13. The Morgan fingerprint density at radius 2 is 2.22 bits per heavy atom. The van der Waals surface area contributed by atoms with Crippen molar-refractivity contribution in [3.05, 3.63) is 47.3 Å². The largest absolute Gasteiger partial charge is 0.462 e. The minimum atomic E-state index is -0.432. The maximum Gasteiger partial charge on any atom is 0.330 e. The Bertz CT molecular complexity index is 626. The van der Waals surface area contributed by atoms with Crippen molar-refractivity contribution in [2.75, 3.05) is 6.61 Å². The number of rotatable bonds is 5. The molecule has 0 atom stereocenters. The number of aryl methyl sites for hydroxylation is 1. The lowest BCUT2D eigenvalue weighted by Gasteiger charge is -2.01. The maximum absolute atomic E-state index is 12.0. The number of nitrogens with zero attached hydrogens (tertiary/aromatic N) is 1. The summed E-state index contributed by atoms with van der Waals surface area (Å²) in [5.41, 5.74) is 0.0191. The molecule has 4 nitrogen and oxygen atoms in total. The number of aromatic nitrogens is 1. The van der Waals surface area contributed by atoms with E-state index in [4.69, 9.17) is 4.74 Å². The topological polar surface area (TPSA) is 48.3 Å². The van der Waals surface area contributed by atoms with Gasteiger partial charge in [0.15, 0.2) is 0 Å². The summed E-state index contributed by atoms with van der Waals surface area (Å²) in [5, 5.41) is 0.741. The van der Waals surface area contributed by atoms with Gasteiger partial charge in [0.1, 0.15) is 0 Å². The van der Waals surface area contributed by atoms with Crippen LogP contribution < -0.4 is 5.56 Å². The molecule has 0 fully saturated rings. The van der Waals surface area contributed by atoms with Crippen molar-refractivity contribution in [3.63, 3.8) is 0 Å². The predicted molar refractivity (Wildman–Crippen MR) is 71.9 cm³/mol. The standard InChI is InChI=1S/C13H13NO3S/c1-2-12(15)17-9-5-8-14-13(16)10-6-3-4-7-11(10)18-14/h2-4,6-7H,1,5,8-9H2. The van der Waals surface area contributed by atoms with E-state index in [1.165, 1.54) is 11.5 Å². The molecular weight excluding hydrogens is 250 g/mol. The number of esters is 1. The summed E-state index contributed by atoms with van der Waals surface area (Å²) in [4.78, 5) is 22.8. The highest BCUT2D eigenvalue weighted by atomic mass is 32.1. The molecule has 2 rings (SSSR count). The summed E-state index contributed by atoms with van der Waals surface area (Å²) in [6.45, 7) is 4.17. The number of hydrogen-bond donors (Lipinski definition) is 0. The van der Waals surface area contributed by atoms with E-state index >= 15 is 0 Å². The number of fused-ring (bicyclic) bond motifs is 1. The second kappa shape index (κ2) is 5.64. The average Bonchev–Trinajstić information content (AvgIpc) is 2.72. The smallest absolute Gasteiger partial charge is 0.330 e. The molecule has 0 spiro atoms.